The molecule has 0 radical (unpaired) electrons. The van der Waals surface area contributed by atoms with Crippen LogP contribution in [-0.2, 0) is 12.8 Å². The van der Waals surface area contributed by atoms with Crippen LogP contribution in [0.1, 0.15) is 61.4 Å². The van der Waals surface area contributed by atoms with Gasteiger partial charge in [-0.2, -0.15) is 13.2 Å². The van der Waals surface area contributed by atoms with Gasteiger partial charge in [-0.05, 0) is 42.5 Å². The van der Waals surface area contributed by atoms with Crippen molar-refractivity contribution in [1.82, 2.24) is 9.97 Å². The van der Waals surface area contributed by atoms with Gasteiger partial charge < -0.3 is 15.5 Å². The molecule has 3 atom stereocenters. The maximum Gasteiger partial charge on any atom is 0.419 e. The molecule has 0 spiro atoms. The molecule has 1 aliphatic carbocycles. The van der Waals surface area contributed by atoms with Crippen LogP contribution in [0.2, 0.25) is 0 Å². The fraction of sp³-hybridized carbons (Fsp3) is 0.417. The molecular formula is C24H25F4N3O2. The Kier molecular flexibility index (Phi) is 5.94. The minimum Gasteiger partial charge on any atom is -0.507 e. The fourth-order valence-electron chi connectivity index (χ4n) is 4.44. The normalized spacial score (nSPS) is 21.6. The molecule has 3 aromatic rings. The van der Waals surface area contributed by atoms with E-state index in [1.807, 2.05) is 6.92 Å². The Balaban J connectivity index is 1.86. The first-order valence-electron chi connectivity index (χ1n) is 10.9. The average Bonchev–Trinajstić information content (AvgIpc) is 2.79. The SMILES string of the molecule is CCc1ncc2c(N[C@H]3c4ccc(C(F)CC)c(O)c4CC[C@]3(O)C(F)(F)F)cccc2n1. The Hall–Kier alpha value is -2.94. The topological polar surface area (TPSA) is 78.3 Å². The molecule has 5 nitrogen and oxygen atoms in total. The summed E-state index contributed by atoms with van der Waals surface area (Å²) in [7, 11) is 0. The number of rotatable bonds is 5. The Morgan fingerprint density at radius 3 is 2.64 bits per heavy atom. The highest BCUT2D eigenvalue weighted by molar-refractivity contribution is 5.91. The lowest BCUT2D eigenvalue weighted by molar-refractivity contribution is -0.270. The highest BCUT2D eigenvalue weighted by atomic mass is 19.4. The summed E-state index contributed by atoms with van der Waals surface area (Å²) in [5.74, 6) is 0.246. The number of aromatic nitrogens is 2. The number of hydrogen-bond acceptors (Lipinski definition) is 5. The molecule has 0 amide bonds. The maximum absolute atomic E-state index is 14.3. The number of aliphatic hydroxyl groups is 1. The van der Waals surface area contributed by atoms with Crippen molar-refractivity contribution in [1.29, 1.82) is 0 Å². The average molecular weight is 463 g/mol. The lowest BCUT2D eigenvalue weighted by Crippen LogP contribution is -2.54. The molecule has 1 aliphatic rings. The lowest BCUT2D eigenvalue weighted by atomic mass is 9.74. The van der Waals surface area contributed by atoms with Gasteiger partial charge in [0, 0.05) is 29.3 Å². The quantitative estimate of drug-likeness (QED) is 0.423. The Morgan fingerprint density at radius 2 is 1.97 bits per heavy atom. The molecule has 0 aliphatic heterocycles. The number of benzene rings is 2. The maximum atomic E-state index is 14.3. The van der Waals surface area contributed by atoms with E-state index in [-0.39, 0.29) is 35.3 Å². The number of hydrogen-bond donors (Lipinski definition) is 3. The van der Waals surface area contributed by atoms with Crippen molar-refractivity contribution in [2.45, 2.75) is 63.5 Å². The molecule has 0 saturated carbocycles. The first-order chi connectivity index (χ1) is 15.6. The number of nitrogens with zero attached hydrogens (tertiary/aromatic N) is 2. The predicted molar refractivity (Wildman–Crippen MR) is 117 cm³/mol. The first kappa shape index (κ1) is 23.2. The van der Waals surface area contributed by atoms with Gasteiger partial charge in [0.25, 0.3) is 0 Å². The zero-order chi connectivity index (χ0) is 24.0. The Morgan fingerprint density at radius 1 is 1.21 bits per heavy atom. The summed E-state index contributed by atoms with van der Waals surface area (Å²) in [5, 5.41) is 24.9. The van der Waals surface area contributed by atoms with Gasteiger partial charge in [0.2, 0.25) is 0 Å². The molecule has 1 unspecified atom stereocenters. The summed E-state index contributed by atoms with van der Waals surface area (Å²) in [4.78, 5) is 8.66. The van der Waals surface area contributed by atoms with Gasteiger partial charge in [0.05, 0.1) is 11.6 Å². The third-order valence-electron chi connectivity index (χ3n) is 6.37. The monoisotopic (exact) mass is 463 g/mol. The van der Waals surface area contributed by atoms with E-state index in [2.05, 4.69) is 15.3 Å². The minimum absolute atomic E-state index is 0.0399. The van der Waals surface area contributed by atoms with Crippen LogP contribution in [0, 0.1) is 0 Å². The van der Waals surface area contributed by atoms with Crippen LogP contribution in [0.15, 0.2) is 36.5 Å². The van der Waals surface area contributed by atoms with Gasteiger partial charge in [-0.15, -0.1) is 0 Å². The zero-order valence-corrected chi connectivity index (χ0v) is 18.2. The van der Waals surface area contributed by atoms with Crippen molar-refractivity contribution in [2.75, 3.05) is 5.32 Å². The number of halogens is 4. The van der Waals surface area contributed by atoms with Gasteiger partial charge in [0.1, 0.15) is 17.7 Å². The number of fused-ring (bicyclic) bond motifs is 2. The number of phenols is 1. The minimum atomic E-state index is -4.95. The Bertz CT molecular complexity index is 1180. The van der Waals surface area contributed by atoms with Gasteiger partial charge in [-0.1, -0.05) is 32.0 Å². The molecule has 9 heteroatoms. The van der Waals surface area contributed by atoms with Crippen LogP contribution in [0.5, 0.6) is 5.75 Å². The van der Waals surface area contributed by atoms with Crippen LogP contribution in [-0.4, -0.2) is 32.0 Å². The second-order valence-corrected chi connectivity index (χ2v) is 8.32. The molecule has 3 N–H and O–H groups in total. The van der Waals surface area contributed by atoms with Crippen LogP contribution in [0.25, 0.3) is 10.9 Å². The van der Waals surface area contributed by atoms with Crippen LogP contribution >= 0.6 is 0 Å². The molecule has 0 saturated heterocycles. The van der Waals surface area contributed by atoms with Crippen molar-refractivity contribution in [3.05, 3.63) is 59.0 Å². The van der Waals surface area contributed by atoms with Crippen molar-refractivity contribution < 1.29 is 27.8 Å². The molecule has 33 heavy (non-hydrogen) atoms. The van der Waals surface area contributed by atoms with E-state index in [4.69, 9.17) is 0 Å². The van der Waals surface area contributed by atoms with Crippen LogP contribution in [0.4, 0.5) is 23.2 Å². The molecular weight excluding hydrogens is 438 g/mol. The Labute approximate surface area is 188 Å². The molecule has 1 heterocycles. The molecule has 4 rings (SSSR count). The van der Waals surface area contributed by atoms with E-state index in [1.54, 1.807) is 25.1 Å². The van der Waals surface area contributed by atoms with Crippen LogP contribution < -0.4 is 5.32 Å². The number of anilines is 1. The summed E-state index contributed by atoms with van der Waals surface area (Å²) < 4.78 is 56.6. The molecule has 176 valence electrons. The highest BCUT2D eigenvalue weighted by Crippen LogP contribution is 2.51. The third-order valence-corrected chi connectivity index (χ3v) is 6.37. The van der Waals surface area contributed by atoms with E-state index in [1.165, 1.54) is 18.3 Å². The summed E-state index contributed by atoms with van der Waals surface area (Å²) >= 11 is 0. The van der Waals surface area contributed by atoms with Gasteiger partial charge in [-0.3, -0.25) is 0 Å². The van der Waals surface area contributed by atoms with E-state index in [0.29, 0.717) is 28.8 Å². The molecule has 2 aromatic carbocycles. The second-order valence-electron chi connectivity index (χ2n) is 8.32. The van der Waals surface area contributed by atoms with Crippen LogP contribution in [0.3, 0.4) is 0 Å². The van der Waals surface area contributed by atoms with Gasteiger partial charge >= 0.3 is 6.18 Å². The summed E-state index contributed by atoms with van der Waals surface area (Å²) in [6, 6.07) is 6.00. The first-order valence-corrected chi connectivity index (χ1v) is 10.9. The van der Waals surface area contributed by atoms with Crippen molar-refractivity contribution in [3.63, 3.8) is 0 Å². The van der Waals surface area contributed by atoms with Crippen molar-refractivity contribution in [2.24, 2.45) is 0 Å². The fourth-order valence-corrected chi connectivity index (χ4v) is 4.44. The highest BCUT2D eigenvalue weighted by Gasteiger charge is 2.60. The molecule has 0 fully saturated rings. The van der Waals surface area contributed by atoms with E-state index < -0.39 is 30.4 Å². The van der Waals surface area contributed by atoms with E-state index >= 15 is 0 Å². The van der Waals surface area contributed by atoms with Crippen molar-refractivity contribution >= 4 is 16.6 Å². The standard InChI is InChI=1S/C24H25F4N3O2/c1-3-17(25)15-9-8-14-13(21(15)32)10-11-23(33,24(26,27)28)22(14)31-19-7-5-6-18-16(19)12-29-20(4-2)30-18/h5-9,12,17,22,31-33H,3-4,10-11H2,1-2H3/t17?,22-,23+/m0/s1. The predicted octanol–water partition coefficient (Wildman–Crippen LogP) is 5.71. The number of alkyl halides is 4. The largest absolute Gasteiger partial charge is 0.507 e. The van der Waals surface area contributed by atoms with Crippen molar-refractivity contribution in [3.8, 4) is 5.75 Å². The second kappa shape index (κ2) is 8.44. The third kappa shape index (κ3) is 3.88. The number of aryl methyl sites for hydroxylation is 1. The number of phenolic OH excluding ortho intramolecular Hbond substituents is 1. The lowest BCUT2D eigenvalue weighted by Gasteiger charge is -2.43. The summed E-state index contributed by atoms with van der Waals surface area (Å²) in [6.07, 6.45) is -5.04. The molecule has 0 bridgehead atoms. The number of nitrogens with one attached hydrogen (secondary N) is 1. The smallest absolute Gasteiger partial charge is 0.419 e. The number of aromatic hydroxyl groups is 1. The van der Waals surface area contributed by atoms with E-state index in [0.717, 1.165) is 0 Å². The zero-order valence-electron chi connectivity index (χ0n) is 18.2. The molecule has 1 aromatic heterocycles. The summed E-state index contributed by atoms with van der Waals surface area (Å²) in [6.45, 7) is 3.51. The van der Waals surface area contributed by atoms with E-state index in [9.17, 15) is 27.8 Å². The summed E-state index contributed by atoms with van der Waals surface area (Å²) in [5.41, 5.74) is -1.90. The van der Waals surface area contributed by atoms with Gasteiger partial charge in [-0.25, -0.2) is 14.4 Å². The van der Waals surface area contributed by atoms with Gasteiger partial charge in [0.15, 0.2) is 5.60 Å².